The minimum absolute atomic E-state index is 0.235. The SMILES string of the molecule is Cc1cc(N2CCC3CCCCC32)cc(C(=O)O)c1N. The maximum atomic E-state index is 11.3. The minimum atomic E-state index is -0.938. The Morgan fingerprint density at radius 1 is 1.30 bits per heavy atom. The number of anilines is 2. The van der Waals surface area contributed by atoms with Gasteiger partial charge >= 0.3 is 5.97 Å². The van der Waals surface area contributed by atoms with Gasteiger partial charge in [0.1, 0.15) is 0 Å². The van der Waals surface area contributed by atoms with Gasteiger partial charge in [-0.1, -0.05) is 12.8 Å². The topological polar surface area (TPSA) is 66.6 Å². The van der Waals surface area contributed by atoms with Crippen molar-refractivity contribution in [3.05, 3.63) is 23.3 Å². The molecule has 0 amide bonds. The van der Waals surface area contributed by atoms with Crippen molar-refractivity contribution in [2.75, 3.05) is 17.2 Å². The number of rotatable bonds is 2. The number of aromatic carboxylic acids is 1. The molecular weight excluding hydrogens is 252 g/mol. The standard InChI is InChI=1S/C16H22N2O2/c1-10-8-12(9-13(15(10)17)16(19)20)18-7-6-11-4-2-3-5-14(11)18/h8-9,11,14H,2-7,17H2,1H3,(H,19,20). The van der Waals surface area contributed by atoms with Crippen LogP contribution in [0.4, 0.5) is 11.4 Å². The van der Waals surface area contributed by atoms with Gasteiger partial charge in [-0.25, -0.2) is 4.79 Å². The predicted octanol–water partition coefficient (Wildman–Crippen LogP) is 3.04. The molecule has 0 spiro atoms. The Morgan fingerprint density at radius 2 is 2.05 bits per heavy atom. The summed E-state index contributed by atoms with van der Waals surface area (Å²) in [5.74, 6) is -0.151. The van der Waals surface area contributed by atoms with E-state index < -0.39 is 5.97 Å². The highest BCUT2D eigenvalue weighted by Gasteiger charge is 2.36. The fourth-order valence-corrected chi connectivity index (χ4v) is 3.85. The van der Waals surface area contributed by atoms with Crippen LogP contribution < -0.4 is 10.6 Å². The maximum Gasteiger partial charge on any atom is 0.337 e. The van der Waals surface area contributed by atoms with E-state index in [1.54, 1.807) is 6.07 Å². The van der Waals surface area contributed by atoms with Crippen LogP contribution in [-0.2, 0) is 0 Å². The van der Waals surface area contributed by atoms with Gasteiger partial charge < -0.3 is 15.7 Å². The van der Waals surface area contributed by atoms with Gasteiger partial charge in [-0.2, -0.15) is 0 Å². The van der Waals surface area contributed by atoms with Crippen molar-refractivity contribution >= 4 is 17.3 Å². The van der Waals surface area contributed by atoms with Crippen molar-refractivity contribution < 1.29 is 9.90 Å². The molecular formula is C16H22N2O2. The molecule has 3 N–H and O–H groups in total. The molecule has 2 aliphatic rings. The normalized spacial score (nSPS) is 25.6. The van der Waals surface area contributed by atoms with E-state index in [9.17, 15) is 9.90 Å². The Morgan fingerprint density at radius 3 is 2.80 bits per heavy atom. The zero-order valence-corrected chi connectivity index (χ0v) is 11.9. The lowest BCUT2D eigenvalue weighted by atomic mass is 9.85. The quantitative estimate of drug-likeness (QED) is 0.813. The molecule has 0 aromatic heterocycles. The smallest absolute Gasteiger partial charge is 0.337 e. The average molecular weight is 274 g/mol. The molecule has 2 atom stereocenters. The first-order valence-corrected chi connectivity index (χ1v) is 7.48. The Balaban J connectivity index is 1.96. The number of nitrogen functional groups attached to an aromatic ring is 1. The number of hydrogen-bond donors (Lipinski definition) is 2. The van der Waals surface area contributed by atoms with E-state index in [-0.39, 0.29) is 5.56 Å². The van der Waals surface area contributed by atoms with Crippen LogP contribution in [-0.4, -0.2) is 23.7 Å². The highest BCUT2D eigenvalue weighted by atomic mass is 16.4. The van der Waals surface area contributed by atoms with Crippen LogP contribution in [0.15, 0.2) is 12.1 Å². The molecule has 4 nitrogen and oxygen atoms in total. The van der Waals surface area contributed by atoms with Crippen molar-refractivity contribution in [2.45, 2.75) is 45.1 Å². The Bertz CT molecular complexity index is 542. The molecule has 1 aliphatic heterocycles. The van der Waals surface area contributed by atoms with Gasteiger partial charge in [-0.3, -0.25) is 0 Å². The third kappa shape index (κ3) is 2.13. The number of benzene rings is 1. The van der Waals surface area contributed by atoms with E-state index in [1.165, 1.54) is 32.1 Å². The second-order valence-corrected chi connectivity index (χ2v) is 6.12. The van der Waals surface area contributed by atoms with Gasteiger partial charge in [-0.15, -0.1) is 0 Å². The number of nitrogens with two attached hydrogens (primary N) is 1. The first-order chi connectivity index (χ1) is 9.58. The van der Waals surface area contributed by atoms with E-state index in [0.717, 1.165) is 23.7 Å². The number of fused-ring (bicyclic) bond motifs is 1. The fraction of sp³-hybridized carbons (Fsp3) is 0.562. The molecule has 20 heavy (non-hydrogen) atoms. The summed E-state index contributed by atoms with van der Waals surface area (Å²) in [5, 5.41) is 9.29. The first kappa shape index (κ1) is 13.3. The Kier molecular flexibility index (Phi) is 3.32. The highest BCUT2D eigenvalue weighted by molar-refractivity contribution is 5.95. The number of carboxylic acid groups (broad SMARTS) is 1. The lowest BCUT2D eigenvalue weighted by Crippen LogP contribution is -2.34. The molecule has 2 fully saturated rings. The predicted molar refractivity (Wildman–Crippen MR) is 80.3 cm³/mol. The van der Waals surface area contributed by atoms with Gasteiger partial charge in [0.05, 0.1) is 5.56 Å². The number of hydrogen-bond acceptors (Lipinski definition) is 3. The second-order valence-electron chi connectivity index (χ2n) is 6.12. The molecule has 1 aromatic carbocycles. The van der Waals surface area contributed by atoms with Gasteiger partial charge in [0.15, 0.2) is 0 Å². The maximum absolute atomic E-state index is 11.3. The summed E-state index contributed by atoms with van der Waals surface area (Å²) in [6.07, 6.45) is 6.42. The summed E-state index contributed by atoms with van der Waals surface area (Å²) in [6.45, 7) is 2.93. The first-order valence-electron chi connectivity index (χ1n) is 7.48. The van der Waals surface area contributed by atoms with Crippen LogP contribution in [0.5, 0.6) is 0 Å². The summed E-state index contributed by atoms with van der Waals surface area (Å²) in [5.41, 5.74) is 8.40. The molecule has 1 heterocycles. The van der Waals surface area contributed by atoms with Crippen LogP contribution in [0, 0.1) is 12.8 Å². The molecule has 1 saturated heterocycles. The molecule has 1 saturated carbocycles. The van der Waals surface area contributed by atoms with E-state index in [4.69, 9.17) is 5.73 Å². The molecule has 108 valence electrons. The fourth-order valence-electron chi connectivity index (χ4n) is 3.85. The summed E-state index contributed by atoms with van der Waals surface area (Å²) >= 11 is 0. The number of carbonyl (C=O) groups is 1. The molecule has 2 unspecified atom stereocenters. The molecule has 0 radical (unpaired) electrons. The Hall–Kier alpha value is -1.71. The monoisotopic (exact) mass is 274 g/mol. The Labute approximate surface area is 119 Å². The third-order valence-corrected chi connectivity index (χ3v) is 4.94. The summed E-state index contributed by atoms with van der Waals surface area (Å²) in [4.78, 5) is 13.7. The number of nitrogens with zero attached hydrogens (tertiary/aromatic N) is 1. The molecule has 1 aliphatic carbocycles. The van der Waals surface area contributed by atoms with Crippen LogP contribution in [0.1, 0.15) is 48.0 Å². The number of carboxylic acids is 1. The van der Waals surface area contributed by atoms with Crippen LogP contribution in [0.3, 0.4) is 0 Å². The molecule has 4 heteroatoms. The van der Waals surface area contributed by atoms with Crippen molar-refractivity contribution in [2.24, 2.45) is 5.92 Å². The average Bonchev–Trinajstić information content (AvgIpc) is 2.85. The van der Waals surface area contributed by atoms with Crippen LogP contribution in [0.25, 0.3) is 0 Å². The second kappa shape index (κ2) is 5.00. The van der Waals surface area contributed by atoms with E-state index in [2.05, 4.69) is 4.90 Å². The zero-order valence-electron chi connectivity index (χ0n) is 11.9. The van der Waals surface area contributed by atoms with E-state index in [1.807, 2.05) is 13.0 Å². The van der Waals surface area contributed by atoms with Crippen molar-refractivity contribution in [1.82, 2.24) is 0 Å². The minimum Gasteiger partial charge on any atom is -0.478 e. The van der Waals surface area contributed by atoms with Gasteiger partial charge in [0.25, 0.3) is 0 Å². The third-order valence-electron chi connectivity index (χ3n) is 4.94. The van der Waals surface area contributed by atoms with Gasteiger partial charge in [0, 0.05) is 24.0 Å². The largest absolute Gasteiger partial charge is 0.478 e. The van der Waals surface area contributed by atoms with Gasteiger partial charge in [0.2, 0.25) is 0 Å². The lowest BCUT2D eigenvalue weighted by molar-refractivity contribution is 0.0698. The van der Waals surface area contributed by atoms with Crippen LogP contribution >= 0.6 is 0 Å². The lowest BCUT2D eigenvalue weighted by Gasteiger charge is -2.33. The van der Waals surface area contributed by atoms with E-state index >= 15 is 0 Å². The van der Waals surface area contributed by atoms with Crippen molar-refractivity contribution in [1.29, 1.82) is 0 Å². The number of aryl methyl sites for hydroxylation is 1. The molecule has 0 bridgehead atoms. The van der Waals surface area contributed by atoms with Gasteiger partial charge in [-0.05, 0) is 49.8 Å². The van der Waals surface area contributed by atoms with Crippen molar-refractivity contribution in [3.63, 3.8) is 0 Å². The summed E-state index contributed by atoms with van der Waals surface area (Å²) in [6, 6.07) is 4.38. The summed E-state index contributed by atoms with van der Waals surface area (Å²) in [7, 11) is 0. The highest BCUT2D eigenvalue weighted by Crippen LogP contribution is 2.39. The zero-order chi connectivity index (χ0) is 14.3. The molecule has 1 aromatic rings. The molecule has 3 rings (SSSR count). The van der Waals surface area contributed by atoms with Crippen molar-refractivity contribution in [3.8, 4) is 0 Å². The van der Waals surface area contributed by atoms with Crippen LogP contribution in [0.2, 0.25) is 0 Å². The van der Waals surface area contributed by atoms with E-state index in [0.29, 0.717) is 11.7 Å². The summed E-state index contributed by atoms with van der Waals surface area (Å²) < 4.78 is 0.